The van der Waals surface area contributed by atoms with Crippen molar-refractivity contribution in [2.24, 2.45) is 11.8 Å². The molecule has 2 atom stereocenters. The minimum Gasteiger partial charge on any atom is -0.488 e. The number of carbonyl (C=O) groups excluding carboxylic acids is 1. The molecule has 1 aromatic rings. The van der Waals surface area contributed by atoms with E-state index >= 15 is 0 Å². The number of rotatable bonds is 4. The largest absolute Gasteiger partial charge is 0.488 e. The third kappa shape index (κ3) is 3.13. The van der Waals surface area contributed by atoms with E-state index in [4.69, 9.17) is 9.47 Å². The predicted octanol–water partition coefficient (Wildman–Crippen LogP) is 3.78. The molecule has 1 saturated heterocycles. The summed E-state index contributed by atoms with van der Waals surface area (Å²) in [4.78, 5) is 15.3. The van der Waals surface area contributed by atoms with Crippen LogP contribution in [-0.2, 0) is 14.9 Å². The minimum absolute atomic E-state index is 0.0163. The first-order valence-corrected chi connectivity index (χ1v) is 10.1. The van der Waals surface area contributed by atoms with Gasteiger partial charge >= 0.3 is 0 Å². The second-order valence-corrected chi connectivity index (χ2v) is 8.88. The van der Waals surface area contributed by atoms with Crippen LogP contribution >= 0.6 is 0 Å². The van der Waals surface area contributed by atoms with Crippen molar-refractivity contribution >= 4 is 5.91 Å². The van der Waals surface area contributed by atoms with Crippen molar-refractivity contribution in [2.45, 2.75) is 57.5 Å². The topological polar surface area (TPSA) is 38.8 Å². The van der Waals surface area contributed by atoms with Crippen molar-refractivity contribution in [3.63, 3.8) is 0 Å². The van der Waals surface area contributed by atoms with Gasteiger partial charge in [0.05, 0.1) is 0 Å². The number of nitrogens with zero attached hydrogens (tertiary/aromatic N) is 1. The summed E-state index contributed by atoms with van der Waals surface area (Å²) >= 11 is 0. The molecule has 26 heavy (non-hydrogen) atoms. The lowest BCUT2D eigenvalue weighted by Gasteiger charge is -2.39. The number of benzene rings is 1. The summed E-state index contributed by atoms with van der Waals surface area (Å²) in [5, 5.41) is 0. The fourth-order valence-corrected chi connectivity index (χ4v) is 5.10. The fraction of sp³-hybridized carbons (Fsp3) is 0.682. The number of carbonyl (C=O) groups is 1. The molecule has 0 unspecified atom stereocenters. The summed E-state index contributed by atoms with van der Waals surface area (Å²) in [6.07, 6.45) is 4.02. The fourth-order valence-electron chi connectivity index (χ4n) is 5.10. The summed E-state index contributed by atoms with van der Waals surface area (Å²) in [6, 6.07) is 8.31. The lowest BCUT2D eigenvalue weighted by Crippen LogP contribution is -2.43. The quantitative estimate of drug-likeness (QED) is 0.823. The maximum atomic E-state index is 13.2. The zero-order chi connectivity index (χ0) is 18.4. The molecule has 1 aromatic carbocycles. The normalized spacial score (nSPS) is 30.0. The van der Waals surface area contributed by atoms with Gasteiger partial charge in [0, 0.05) is 43.2 Å². The van der Waals surface area contributed by atoms with Gasteiger partial charge in [-0.05, 0) is 58.4 Å². The van der Waals surface area contributed by atoms with E-state index in [0.29, 0.717) is 11.8 Å². The smallest absolute Gasteiger partial charge is 0.226 e. The van der Waals surface area contributed by atoms with Crippen molar-refractivity contribution < 1.29 is 14.3 Å². The second-order valence-electron chi connectivity index (χ2n) is 8.88. The highest BCUT2D eigenvalue weighted by molar-refractivity contribution is 5.85. The molecule has 2 aliphatic heterocycles. The van der Waals surface area contributed by atoms with Crippen LogP contribution in [0.3, 0.4) is 0 Å². The standard InChI is InChI=1S/C22H31NO3/c1-4-25-14-16-9-11-23(12-10-16)20(24)18-13-22(18)15-21(2,3)26-19-8-6-5-7-17(19)22/h5-8,16,18H,4,9-15H2,1-3H3/t18-,22+/m1/s1. The first-order valence-electron chi connectivity index (χ1n) is 10.1. The van der Waals surface area contributed by atoms with Gasteiger partial charge in [0.25, 0.3) is 0 Å². The molecule has 0 N–H and O–H groups in total. The zero-order valence-electron chi connectivity index (χ0n) is 16.3. The molecule has 1 amide bonds. The van der Waals surface area contributed by atoms with E-state index < -0.39 is 0 Å². The Labute approximate surface area is 156 Å². The van der Waals surface area contributed by atoms with Crippen LogP contribution in [0, 0.1) is 11.8 Å². The maximum absolute atomic E-state index is 13.2. The Balaban J connectivity index is 1.46. The summed E-state index contributed by atoms with van der Waals surface area (Å²) in [5.74, 6) is 2.05. The van der Waals surface area contributed by atoms with Gasteiger partial charge < -0.3 is 14.4 Å². The van der Waals surface area contributed by atoms with Crippen molar-refractivity contribution in [3.8, 4) is 5.75 Å². The Kier molecular flexibility index (Phi) is 4.50. The summed E-state index contributed by atoms with van der Waals surface area (Å²) in [7, 11) is 0. The molecule has 2 fully saturated rings. The van der Waals surface area contributed by atoms with Gasteiger partial charge in [0.1, 0.15) is 11.4 Å². The molecular weight excluding hydrogens is 326 g/mol. The first-order chi connectivity index (χ1) is 12.5. The second kappa shape index (κ2) is 6.56. The van der Waals surface area contributed by atoms with E-state index in [9.17, 15) is 4.79 Å². The molecule has 3 aliphatic rings. The Hall–Kier alpha value is -1.55. The number of piperidine rings is 1. The van der Waals surface area contributed by atoms with Crippen LogP contribution in [0.4, 0.5) is 0 Å². The Morgan fingerprint density at radius 1 is 1.27 bits per heavy atom. The molecule has 1 spiro atoms. The van der Waals surface area contributed by atoms with Crippen molar-refractivity contribution in [2.75, 3.05) is 26.3 Å². The SMILES string of the molecule is CCOCC1CCN(C(=O)[C@H]2C[C@@]23CC(C)(C)Oc2ccccc23)CC1. The molecule has 4 nitrogen and oxygen atoms in total. The average molecular weight is 357 g/mol. The van der Waals surface area contributed by atoms with Crippen LogP contribution in [-0.4, -0.2) is 42.7 Å². The molecule has 1 aliphatic carbocycles. The van der Waals surface area contributed by atoms with Crippen molar-refractivity contribution in [1.29, 1.82) is 0 Å². The predicted molar refractivity (Wildman–Crippen MR) is 101 cm³/mol. The van der Waals surface area contributed by atoms with Crippen LogP contribution in [0.2, 0.25) is 0 Å². The van der Waals surface area contributed by atoms with E-state index in [-0.39, 0.29) is 16.9 Å². The number of amides is 1. The molecule has 2 heterocycles. The number of ether oxygens (including phenoxy) is 2. The van der Waals surface area contributed by atoms with Gasteiger partial charge in [0.2, 0.25) is 5.91 Å². The number of hydrogen-bond acceptors (Lipinski definition) is 3. The molecule has 4 heteroatoms. The lowest BCUT2D eigenvalue weighted by atomic mass is 9.79. The number of hydrogen-bond donors (Lipinski definition) is 0. The van der Waals surface area contributed by atoms with E-state index in [0.717, 1.165) is 57.7 Å². The number of para-hydroxylation sites is 1. The van der Waals surface area contributed by atoms with Crippen LogP contribution in [0.15, 0.2) is 24.3 Å². The summed E-state index contributed by atoms with van der Waals surface area (Å²) < 4.78 is 11.7. The van der Waals surface area contributed by atoms with Gasteiger partial charge in [-0.25, -0.2) is 0 Å². The van der Waals surface area contributed by atoms with Crippen LogP contribution in [0.25, 0.3) is 0 Å². The van der Waals surface area contributed by atoms with Gasteiger partial charge in [-0.3, -0.25) is 4.79 Å². The van der Waals surface area contributed by atoms with Gasteiger partial charge in [-0.1, -0.05) is 18.2 Å². The van der Waals surface area contributed by atoms with E-state index in [1.807, 2.05) is 13.0 Å². The molecule has 0 radical (unpaired) electrons. The van der Waals surface area contributed by atoms with Crippen LogP contribution in [0.1, 0.15) is 52.0 Å². The van der Waals surface area contributed by atoms with E-state index in [1.165, 1.54) is 5.56 Å². The van der Waals surface area contributed by atoms with Gasteiger partial charge in [-0.2, -0.15) is 0 Å². The summed E-state index contributed by atoms with van der Waals surface area (Å²) in [6.45, 7) is 9.70. The van der Waals surface area contributed by atoms with Crippen LogP contribution in [0.5, 0.6) is 5.75 Å². The summed E-state index contributed by atoms with van der Waals surface area (Å²) in [5.41, 5.74) is 1.01. The van der Waals surface area contributed by atoms with Crippen molar-refractivity contribution in [3.05, 3.63) is 29.8 Å². The molecule has 142 valence electrons. The monoisotopic (exact) mass is 357 g/mol. The highest BCUT2D eigenvalue weighted by atomic mass is 16.5. The van der Waals surface area contributed by atoms with Gasteiger partial charge in [-0.15, -0.1) is 0 Å². The molecule has 1 saturated carbocycles. The van der Waals surface area contributed by atoms with Gasteiger partial charge in [0.15, 0.2) is 0 Å². The molecule has 0 aromatic heterocycles. The first kappa shape index (κ1) is 17.8. The maximum Gasteiger partial charge on any atom is 0.226 e. The Bertz CT molecular complexity index is 678. The Morgan fingerprint density at radius 3 is 2.73 bits per heavy atom. The minimum atomic E-state index is -0.214. The van der Waals surface area contributed by atoms with Crippen LogP contribution < -0.4 is 4.74 Å². The molecular formula is C22H31NO3. The molecule has 0 bridgehead atoms. The highest BCUT2D eigenvalue weighted by Crippen LogP contribution is 2.63. The number of fused-ring (bicyclic) bond motifs is 2. The lowest BCUT2D eigenvalue weighted by molar-refractivity contribution is -0.135. The Morgan fingerprint density at radius 2 is 2.00 bits per heavy atom. The van der Waals surface area contributed by atoms with E-state index in [2.05, 4.69) is 36.9 Å². The van der Waals surface area contributed by atoms with E-state index in [1.54, 1.807) is 0 Å². The van der Waals surface area contributed by atoms with Crippen molar-refractivity contribution in [1.82, 2.24) is 4.90 Å². The third-order valence-electron chi connectivity index (χ3n) is 6.41. The third-order valence-corrected chi connectivity index (χ3v) is 6.41. The average Bonchev–Trinajstić information content (AvgIpc) is 3.32. The number of likely N-dealkylation sites (tertiary alicyclic amines) is 1. The zero-order valence-corrected chi connectivity index (χ0v) is 16.3. The molecule has 4 rings (SSSR count). The highest BCUT2D eigenvalue weighted by Gasteiger charge is 2.64.